The van der Waals surface area contributed by atoms with Crippen LogP contribution in [-0.4, -0.2) is 96.6 Å². The quantitative estimate of drug-likeness (QED) is 0.643. The summed E-state index contributed by atoms with van der Waals surface area (Å²) in [6.45, 7) is 8.29. The van der Waals surface area contributed by atoms with Crippen molar-refractivity contribution < 1.29 is 14.7 Å². The van der Waals surface area contributed by atoms with Gasteiger partial charge in [0.25, 0.3) is 0 Å². The van der Waals surface area contributed by atoms with Crippen LogP contribution >= 0.6 is 37.2 Å². The Bertz CT molecular complexity index is 465. The van der Waals surface area contributed by atoms with Gasteiger partial charge in [-0.3, -0.25) is 19.4 Å². The monoisotopic (exact) mass is 460 g/mol. The molecule has 7 nitrogen and oxygen atoms in total. The van der Waals surface area contributed by atoms with Crippen molar-refractivity contribution in [1.82, 2.24) is 20.0 Å². The Morgan fingerprint density at radius 2 is 1.43 bits per heavy atom. The van der Waals surface area contributed by atoms with E-state index in [1.807, 2.05) is 4.90 Å². The molecule has 0 aromatic carbocycles. The van der Waals surface area contributed by atoms with E-state index in [4.69, 9.17) is 5.11 Å². The Hall–Kier alpha value is -0.310. The fourth-order valence-electron chi connectivity index (χ4n) is 4.38. The summed E-state index contributed by atoms with van der Waals surface area (Å²) in [5.41, 5.74) is 0. The van der Waals surface area contributed by atoms with Crippen LogP contribution in [0.1, 0.15) is 32.1 Å². The molecule has 0 aromatic heterocycles. The molecule has 0 spiro atoms. The molecular weight excluding hydrogens is 427 g/mol. The van der Waals surface area contributed by atoms with Crippen LogP contribution in [0.2, 0.25) is 0 Å². The number of carbonyl (C=O) groups excluding carboxylic acids is 1. The number of nitrogens with zero attached hydrogens (tertiary/aromatic N) is 3. The van der Waals surface area contributed by atoms with Gasteiger partial charge in [-0.2, -0.15) is 0 Å². The highest BCUT2D eigenvalue weighted by molar-refractivity contribution is 5.86. The van der Waals surface area contributed by atoms with E-state index in [9.17, 15) is 9.59 Å². The molecule has 3 aliphatic rings. The average Bonchev–Trinajstić information content (AvgIpc) is 2.63. The van der Waals surface area contributed by atoms with Crippen LogP contribution in [0.5, 0.6) is 0 Å². The summed E-state index contributed by atoms with van der Waals surface area (Å²) in [5.74, 6) is -0.282. The second-order valence-electron chi connectivity index (χ2n) is 7.72. The lowest BCUT2D eigenvalue weighted by molar-refractivity contribution is -0.138. The number of carboxylic acid groups (broad SMARTS) is 1. The highest BCUT2D eigenvalue weighted by Crippen LogP contribution is 2.21. The van der Waals surface area contributed by atoms with E-state index < -0.39 is 5.97 Å². The minimum absolute atomic E-state index is 0. The number of halogens is 3. The molecule has 0 atom stereocenters. The Labute approximate surface area is 186 Å². The lowest BCUT2D eigenvalue weighted by atomic mass is 9.93. The van der Waals surface area contributed by atoms with Crippen molar-refractivity contribution in [2.45, 2.75) is 38.1 Å². The normalized spacial score (nSPS) is 22.5. The summed E-state index contributed by atoms with van der Waals surface area (Å²) in [6, 6.07) is 0.715. The minimum atomic E-state index is -0.726. The molecule has 3 fully saturated rings. The molecule has 3 rings (SSSR count). The molecule has 166 valence electrons. The Morgan fingerprint density at radius 3 is 1.96 bits per heavy atom. The molecular formula is C18H35Cl3N4O3. The van der Waals surface area contributed by atoms with Gasteiger partial charge in [-0.1, -0.05) is 0 Å². The van der Waals surface area contributed by atoms with E-state index in [1.165, 1.54) is 12.8 Å². The molecule has 3 aliphatic heterocycles. The Morgan fingerprint density at radius 1 is 0.857 bits per heavy atom. The summed E-state index contributed by atoms with van der Waals surface area (Å²) in [4.78, 5) is 30.1. The number of hydrogen-bond acceptors (Lipinski definition) is 5. The van der Waals surface area contributed by atoms with E-state index in [2.05, 4.69) is 15.1 Å². The van der Waals surface area contributed by atoms with Crippen molar-refractivity contribution in [2.24, 2.45) is 5.92 Å². The number of amides is 1. The van der Waals surface area contributed by atoms with Crippen molar-refractivity contribution in [3.8, 4) is 0 Å². The van der Waals surface area contributed by atoms with Crippen molar-refractivity contribution in [3.63, 3.8) is 0 Å². The topological polar surface area (TPSA) is 76.1 Å². The molecule has 2 N–H and O–H groups in total. The predicted octanol–water partition coefficient (Wildman–Crippen LogP) is 1.33. The zero-order chi connectivity index (χ0) is 17.6. The number of carbonyl (C=O) groups is 2. The minimum Gasteiger partial charge on any atom is -0.481 e. The van der Waals surface area contributed by atoms with Gasteiger partial charge in [-0.15, -0.1) is 37.2 Å². The number of piperazine rings is 1. The maximum atomic E-state index is 12.5. The predicted molar refractivity (Wildman–Crippen MR) is 117 cm³/mol. The summed E-state index contributed by atoms with van der Waals surface area (Å²) < 4.78 is 0. The van der Waals surface area contributed by atoms with Gasteiger partial charge in [-0.25, -0.2) is 0 Å². The molecule has 0 saturated carbocycles. The molecule has 10 heteroatoms. The SMILES string of the molecule is Cl.Cl.Cl.O=C(O)CC1CCN(C(=O)CN2CCN(C3CCNCC3)CC2)CC1. The Balaban J connectivity index is 0.00000243. The van der Waals surface area contributed by atoms with Gasteiger partial charge < -0.3 is 15.3 Å². The van der Waals surface area contributed by atoms with Crippen molar-refractivity contribution >= 4 is 49.1 Å². The summed E-state index contributed by atoms with van der Waals surface area (Å²) in [7, 11) is 0. The van der Waals surface area contributed by atoms with E-state index in [0.29, 0.717) is 25.7 Å². The summed E-state index contributed by atoms with van der Waals surface area (Å²) in [5, 5.41) is 12.3. The molecule has 0 unspecified atom stereocenters. The van der Waals surface area contributed by atoms with Gasteiger partial charge in [0, 0.05) is 51.7 Å². The van der Waals surface area contributed by atoms with Gasteiger partial charge in [0.2, 0.25) is 5.91 Å². The maximum absolute atomic E-state index is 12.5. The highest BCUT2D eigenvalue weighted by atomic mass is 35.5. The molecule has 1 amide bonds. The number of nitrogens with one attached hydrogen (secondary N) is 1. The summed E-state index contributed by atoms with van der Waals surface area (Å²) in [6.07, 6.45) is 4.36. The smallest absolute Gasteiger partial charge is 0.303 e. The van der Waals surface area contributed by atoms with Gasteiger partial charge in [0.15, 0.2) is 0 Å². The number of hydrogen-bond donors (Lipinski definition) is 2. The van der Waals surface area contributed by atoms with Gasteiger partial charge in [-0.05, 0) is 44.7 Å². The average molecular weight is 462 g/mol. The van der Waals surface area contributed by atoms with E-state index in [1.54, 1.807) is 0 Å². The highest BCUT2D eigenvalue weighted by Gasteiger charge is 2.28. The first-order valence-electron chi connectivity index (χ1n) is 9.78. The Kier molecular flexibility index (Phi) is 13.7. The van der Waals surface area contributed by atoms with E-state index >= 15 is 0 Å². The zero-order valence-corrected chi connectivity index (χ0v) is 18.8. The molecule has 0 radical (unpaired) electrons. The number of carboxylic acids is 1. The first-order chi connectivity index (χ1) is 12.1. The van der Waals surface area contributed by atoms with Gasteiger partial charge >= 0.3 is 5.97 Å². The fourth-order valence-corrected chi connectivity index (χ4v) is 4.38. The van der Waals surface area contributed by atoms with Crippen LogP contribution in [0.25, 0.3) is 0 Å². The van der Waals surface area contributed by atoms with E-state index in [-0.39, 0.29) is 55.5 Å². The number of rotatable bonds is 5. The second kappa shape index (κ2) is 13.8. The maximum Gasteiger partial charge on any atom is 0.303 e. The van der Waals surface area contributed by atoms with Crippen molar-refractivity contribution in [3.05, 3.63) is 0 Å². The van der Waals surface area contributed by atoms with Crippen LogP contribution in [0, 0.1) is 5.92 Å². The van der Waals surface area contributed by atoms with E-state index in [0.717, 1.165) is 52.1 Å². The molecule has 0 aliphatic carbocycles. The summed E-state index contributed by atoms with van der Waals surface area (Å²) >= 11 is 0. The van der Waals surface area contributed by atoms with Crippen LogP contribution in [0.4, 0.5) is 0 Å². The van der Waals surface area contributed by atoms with Crippen LogP contribution in [0.3, 0.4) is 0 Å². The number of likely N-dealkylation sites (tertiary alicyclic amines) is 1. The molecule has 28 heavy (non-hydrogen) atoms. The molecule has 0 aromatic rings. The second-order valence-corrected chi connectivity index (χ2v) is 7.72. The molecule has 3 heterocycles. The van der Waals surface area contributed by atoms with Gasteiger partial charge in [0.05, 0.1) is 6.54 Å². The third-order valence-electron chi connectivity index (χ3n) is 6.02. The van der Waals surface area contributed by atoms with Crippen molar-refractivity contribution in [1.29, 1.82) is 0 Å². The standard InChI is InChI=1S/C18H32N4O3.3ClH/c23-17(22-7-3-15(4-8-22)13-18(24)25)14-20-9-11-21(12-10-20)16-1-5-19-6-2-16;;;/h15-16,19H,1-14H2,(H,24,25);3*1H. The number of piperidine rings is 2. The zero-order valence-electron chi connectivity index (χ0n) is 16.4. The van der Waals surface area contributed by atoms with Crippen LogP contribution < -0.4 is 5.32 Å². The largest absolute Gasteiger partial charge is 0.481 e. The van der Waals surface area contributed by atoms with Crippen LogP contribution in [-0.2, 0) is 9.59 Å². The molecule has 3 saturated heterocycles. The van der Waals surface area contributed by atoms with Crippen molar-refractivity contribution in [2.75, 3.05) is 58.9 Å². The third-order valence-corrected chi connectivity index (χ3v) is 6.02. The first-order valence-corrected chi connectivity index (χ1v) is 9.78. The first kappa shape index (κ1) is 27.7. The van der Waals surface area contributed by atoms with Crippen LogP contribution in [0.15, 0.2) is 0 Å². The lowest BCUT2D eigenvalue weighted by Crippen LogP contribution is -2.54. The molecule has 0 bridgehead atoms. The number of aliphatic carboxylic acids is 1. The lowest BCUT2D eigenvalue weighted by Gasteiger charge is -2.41. The third kappa shape index (κ3) is 8.20. The van der Waals surface area contributed by atoms with Gasteiger partial charge in [0.1, 0.15) is 0 Å². The fraction of sp³-hybridized carbons (Fsp3) is 0.889.